The molecule has 1 unspecified atom stereocenters. The van der Waals surface area contributed by atoms with Gasteiger partial charge in [0.2, 0.25) is 5.91 Å². The minimum absolute atomic E-state index is 0.0180. The number of nitrogens with one attached hydrogen (secondary N) is 1. The molecule has 4 rings (SSSR count). The fourth-order valence-corrected chi connectivity index (χ4v) is 5.73. The zero-order chi connectivity index (χ0) is 25.3. The zero-order valence-electron chi connectivity index (χ0n) is 19.7. The van der Waals surface area contributed by atoms with Gasteiger partial charge in [-0.2, -0.15) is 0 Å². The van der Waals surface area contributed by atoms with Crippen LogP contribution >= 0.6 is 11.6 Å². The summed E-state index contributed by atoms with van der Waals surface area (Å²) in [6.07, 6.45) is 4.34. The van der Waals surface area contributed by atoms with Crippen LogP contribution in [0.25, 0.3) is 0 Å². The molecule has 2 aromatic rings. The summed E-state index contributed by atoms with van der Waals surface area (Å²) in [4.78, 5) is 48.8. The number of hydrogen-bond acceptors (Lipinski definition) is 5. The number of H-pyrrole nitrogens is 1. The van der Waals surface area contributed by atoms with Crippen molar-refractivity contribution in [3.05, 3.63) is 46.8 Å². The van der Waals surface area contributed by atoms with Crippen LogP contribution in [0.4, 0.5) is 10.1 Å². The van der Waals surface area contributed by atoms with Crippen LogP contribution in [0.2, 0.25) is 5.02 Å². The first-order valence-corrected chi connectivity index (χ1v) is 12.0. The molecule has 3 N–H and O–H groups in total. The topological polar surface area (TPSA) is 122 Å². The van der Waals surface area contributed by atoms with E-state index in [2.05, 4.69) is 9.97 Å². The van der Waals surface area contributed by atoms with Crippen molar-refractivity contribution in [2.75, 3.05) is 25.2 Å². The van der Waals surface area contributed by atoms with Crippen molar-refractivity contribution in [1.82, 2.24) is 14.9 Å². The van der Waals surface area contributed by atoms with E-state index in [-0.39, 0.29) is 34.4 Å². The van der Waals surface area contributed by atoms with Crippen molar-refractivity contribution in [2.45, 2.75) is 51.1 Å². The molecule has 3 amide bonds. The monoisotopic (exact) mass is 505 g/mol. The van der Waals surface area contributed by atoms with Crippen molar-refractivity contribution in [3.63, 3.8) is 0 Å². The number of halogens is 2. The average Bonchev–Trinajstić information content (AvgIpc) is 3.42. The summed E-state index contributed by atoms with van der Waals surface area (Å²) in [5, 5.41) is 0.207. The number of carbonyl (C=O) groups excluding carboxylic acids is 3. The first kappa shape index (κ1) is 25.1. The summed E-state index contributed by atoms with van der Waals surface area (Å²) < 4.78 is 18.8. The SMILES string of the molecule is COCC(C)N(C(=O)c1nc[nH]c1C(N)=O)[C@H]1CC[C@@]2(CCN(c3ccc(F)cc3Cl)C2=O)CC1. The molecule has 2 aliphatic rings. The summed E-state index contributed by atoms with van der Waals surface area (Å²) in [6.45, 7) is 2.69. The number of imidazole rings is 1. The van der Waals surface area contributed by atoms with Gasteiger partial charge < -0.3 is 25.3 Å². The fourth-order valence-electron chi connectivity index (χ4n) is 5.46. The Kier molecular flexibility index (Phi) is 7.14. The fraction of sp³-hybridized carbons (Fsp3) is 0.500. The third kappa shape index (κ3) is 4.64. The van der Waals surface area contributed by atoms with E-state index in [0.717, 1.165) is 0 Å². The molecule has 188 valence electrons. The maximum Gasteiger partial charge on any atom is 0.275 e. The molecule has 0 radical (unpaired) electrons. The summed E-state index contributed by atoms with van der Waals surface area (Å²) >= 11 is 6.22. The van der Waals surface area contributed by atoms with Gasteiger partial charge in [-0.25, -0.2) is 9.37 Å². The number of anilines is 1. The summed E-state index contributed by atoms with van der Waals surface area (Å²) in [5.74, 6) is -1.63. The van der Waals surface area contributed by atoms with E-state index in [1.165, 1.54) is 24.5 Å². The highest BCUT2D eigenvalue weighted by molar-refractivity contribution is 6.34. The molecule has 35 heavy (non-hydrogen) atoms. The number of hydrogen-bond donors (Lipinski definition) is 2. The van der Waals surface area contributed by atoms with Gasteiger partial charge in [0.15, 0.2) is 5.69 Å². The molecule has 1 aromatic carbocycles. The Balaban J connectivity index is 1.53. The van der Waals surface area contributed by atoms with E-state index in [4.69, 9.17) is 22.1 Å². The number of nitrogens with zero attached hydrogens (tertiary/aromatic N) is 3. The van der Waals surface area contributed by atoms with Gasteiger partial charge in [-0.05, 0) is 57.2 Å². The number of rotatable bonds is 7. The normalized spacial score (nSPS) is 23.0. The van der Waals surface area contributed by atoms with Gasteiger partial charge in [0.1, 0.15) is 11.5 Å². The van der Waals surface area contributed by atoms with E-state index in [9.17, 15) is 18.8 Å². The molecule has 1 saturated carbocycles. The highest BCUT2D eigenvalue weighted by atomic mass is 35.5. The second-order valence-electron chi connectivity index (χ2n) is 9.32. The zero-order valence-corrected chi connectivity index (χ0v) is 20.5. The second kappa shape index (κ2) is 9.94. The third-order valence-electron chi connectivity index (χ3n) is 7.22. The molecule has 1 atom stereocenters. The van der Waals surface area contributed by atoms with Crippen LogP contribution in [0, 0.1) is 11.2 Å². The van der Waals surface area contributed by atoms with Crippen LogP contribution in [0.3, 0.4) is 0 Å². The molecular weight excluding hydrogens is 477 g/mol. The van der Waals surface area contributed by atoms with Crippen LogP contribution in [-0.4, -0.2) is 64.9 Å². The van der Waals surface area contributed by atoms with Crippen LogP contribution in [0.15, 0.2) is 24.5 Å². The molecule has 1 aliphatic carbocycles. The van der Waals surface area contributed by atoms with Gasteiger partial charge in [-0.1, -0.05) is 11.6 Å². The number of nitrogens with two attached hydrogens (primary N) is 1. The standard InChI is InChI=1S/C24H29ClFN5O4/c1-14(12-35-2)31(22(33)20-19(21(27)32)28-13-29-20)16-5-7-24(8-6-16)9-10-30(23(24)34)18-4-3-15(26)11-17(18)25/h3-4,11,13-14,16H,5-10,12H2,1-2H3,(H2,27,32)(H,28,29)/t14?,16-,24-. The highest BCUT2D eigenvalue weighted by Crippen LogP contribution is 2.48. The van der Waals surface area contributed by atoms with E-state index in [1.54, 1.807) is 16.9 Å². The Hall–Kier alpha value is -2.98. The van der Waals surface area contributed by atoms with Crippen LogP contribution in [0.1, 0.15) is 60.0 Å². The second-order valence-corrected chi connectivity index (χ2v) is 9.73. The maximum atomic E-state index is 13.5. The van der Waals surface area contributed by atoms with Crippen LogP contribution in [0.5, 0.6) is 0 Å². The lowest BCUT2D eigenvalue weighted by atomic mass is 9.71. The number of ether oxygens (including phenoxy) is 1. The van der Waals surface area contributed by atoms with E-state index in [1.807, 2.05) is 6.92 Å². The molecule has 1 spiro atoms. The van der Waals surface area contributed by atoms with Gasteiger partial charge in [0.05, 0.1) is 35.1 Å². The molecule has 2 fully saturated rings. The van der Waals surface area contributed by atoms with E-state index in [0.29, 0.717) is 50.9 Å². The lowest BCUT2D eigenvalue weighted by Gasteiger charge is -2.43. The number of aromatic nitrogens is 2. The van der Waals surface area contributed by atoms with Gasteiger partial charge in [0.25, 0.3) is 11.8 Å². The summed E-state index contributed by atoms with van der Waals surface area (Å²) in [6, 6.07) is 3.60. The average molecular weight is 506 g/mol. The predicted molar refractivity (Wildman–Crippen MR) is 128 cm³/mol. The number of amides is 3. The highest BCUT2D eigenvalue weighted by Gasteiger charge is 2.50. The Morgan fingerprint density at radius 3 is 2.71 bits per heavy atom. The molecule has 1 aliphatic heterocycles. The number of benzene rings is 1. The molecule has 11 heteroatoms. The Labute approximate surface area is 207 Å². The minimum Gasteiger partial charge on any atom is -0.383 e. The van der Waals surface area contributed by atoms with Crippen LogP contribution in [-0.2, 0) is 9.53 Å². The molecule has 1 aromatic heterocycles. The van der Waals surface area contributed by atoms with E-state index < -0.39 is 23.0 Å². The van der Waals surface area contributed by atoms with Crippen molar-refractivity contribution < 1.29 is 23.5 Å². The van der Waals surface area contributed by atoms with Crippen molar-refractivity contribution in [2.24, 2.45) is 11.1 Å². The van der Waals surface area contributed by atoms with Gasteiger partial charge in [0, 0.05) is 19.7 Å². The summed E-state index contributed by atoms with van der Waals surface area (Å²) in [5.41, 5.74) is 5.32. The minimum atomic E-state index is -0.760. The smallest absolute Gasteiger partial charge is 0.275 e. The lowest BCUT2D eigenvalue weighted by molar-refractivity contribution is -0.127. The van der Waals surface area contributed by atoms with Crippen molar-refractivity contribution >= 4 is 35.0 Å². The number of primary amides is 1. The Morgan fingerprint density at radius 2 is 2.09 bits per heavy atom. The summed E-state index contributed by atoms with van der Waals surface area (Å²) in [7, 11) is 1.56. The Morgan fingerprint density at radius 1 is 1.37 bits per heavy atom. The van der Waals surface area contributed by atoms with Gasteiger partial charge in [-0.15, -0.1) is 0 Å². The largest absolute Gasteiger partial charge is 0.383 e. The number of aromatic amines is 1. The van der Waals surface area contributed by atoms with E-state index >= 15 is 0 Å². The molecule has 1 saturated heterocycles. The van der Waals surface area contributed by atoms with Crippen LogP contribution < -0.4 is 10.6 Å². The Bertz CT molecular complexity index is 1130. The molecule has 2 heterocycles. The van der Waals surface area contributed by atoms with Gasteiger partial charge >= 0.3 is 0 Å². The number of methoxy groups -OCH3 is 1. The molecular formula is C24H29ClFN5O4. The maximum absolute atomic E-state index is 13.5. The number of carbonyl (C=O) groups is 3. The first-order valence-electron chi connectivity index (χ1n) is 11.6. The quantitative estimate of drug-likeness (QED) is 0.598. The van der Waals surface area contributed by atoms with Gasteiger partial charge in [-0.3, -0.25) is 14.4 Å². The predicted octanol–water partition coefficient (Wildman–Crippen LogP) is 3.14. The van der Waals surface area contributed by atoms with Crippen molar-refractivity contribution in [1.29, 1.82) is 0 Å². The lowest BCUT2D eigenvalue weighted by Crippen LogP contribution is -2.51. The first-order chi connectivity index (χ1) is 16.7. The molecule has 9 nitrogen and oxygen atoms in total. The van der Waals surface area contributed by atoms with Crippen molar-refractivity contribution in [3.8, 4) is 0 Å². The molecule has 0 bridgehead atoms. The third-order valence-corrected chi connectivity index (χ3v) is 7.53.